The van der Waals surface area contributed by atoms with Crippen LogP contribution in [0.2, 0.25) is 10.0 Å². The molecule has 214 valence electrons. The van der Waals surface area contributed by atoms with E-state index in [0.717, 1.165) is 24.4 Å². The highest BCUT2D eigenvalue weighted by Crippen LogP contribution is 2.44. The Morgan fingerprint density at radius 1 is 0.829 bits per heavy atom. The van der Waals surface area contributed by atoms with Crippen LogP contribution in [0, 0.1) is 5.82 Å². The smallest absolute Gasteiger partial charge is 0.268 e. The van der Waals surface area contributed by atoms with E-state index in [2.05, 4.69) is 4.98 Å². The third-order valence-corrected chi connectivity index (χ3v) is 6.90. The maximum atomic E-state index is 14.0. The zero-order chi connectivity index (χ0) is 30.2. The highest BCUT2D eigenvalue weighted by Gasteiger charge is 2.47. The molecule has 4 nitrogen and oxygen atoms in total. The Morgan fingerprint density at radius 2 is 1.51 bits per heavy atom. The standard InChI is InChI=1S/C28H18Cl2F7N3O/c29-19-8-11-24(39-15-19)26(14-16-4-2-1-3-5-16,20-13-18(27(32,33)34)7-9-22(20)30)40(38)25(41)17-6-10-23(31)21(12-17)28(35,36)37/h1-13,15H,14,38H2. The van der Waals surface area contributed by atoms with Crippen molar-refractivity contribution in [2.75, 3.05) is 0 Å². The van der Waals surface area contributed by atoms with Gasteiger partial charge in [0.1, 0.15) is 11.4 Å². The molecule has 1 heterocycles. The van der Waals surface area contributed by atoms with Gasteiger partial charge in [-0.1, -0.05) is 53.5 Å². The first kappa shape index (κ1) is 30.3. The molecule has 3 aromatic carbocycles. The van der Waals surface area contributed by atoms with Crippen LogP contribution in [0.5, 0.6) is 0 Å². The van der Waals surface area contributed by atoms with E-state index in [1.54, 1.807) is 30.3 Å². The van der Waals surface area contributed by atoms with E-state index in [0.29, 0.717) is 22.7 Å². The third-order valence-electron chi connectivity index (χ3n) is 6.34. The predicted molar refractivity (Wildman–Crippen MR) is 138 cm³/mol. The average molecular weight is 616 g/mol. The van der Waals surface area contributed by atoms with Crippen molar-refractivity contribution in [1.29, 1.82) is 0 Å². The van der Waals surface area contributed by atoms with Crippen molar-refractivity contribution in [3.8, 4) is 0 Å². The van der Waals surface area contributed by atoms with Crippen LogP contribution in [-0.2, 0) is 24.3 Å². The number of pyridine rings is 1. The van der Waals surface area contributed by atoms with E-state index in [-0.39, 0.29) is 33.8 Å². The number of nitrogens with two attached hydrogens (primary N) is 1. The molecule has 4 aromatic rings. The molecule has 0 saturated heterocycles. The van der Waals surface area contributed by atoms with E-state index < -0.39 is 46.3 Å². The minimum Gasteiger partial charge on any atom is -0.268 e. The summed E-state index contributed by atoms with van der Waals surface area (Å²) in [6.45, 7) is 0. The first-order chi connectivity index (χ1) is 19.1. The lowest BCUT2D eigenvalue weighted by Gasteiger charge is -2.42. The lowest BCUT2D eigenvalue weighted by molar-refractivity contribution is -0.140. The van der Waals surface area contributed by atoms with Crippen LogP contribution < -0.4 is 5.84 Å². The molecular weight excluding hydrogens is 598 g/mol. The van der Waals surface area contributed by atoms with Gasteiger partial charge in [-0.3, -0.25) is 14.8 Å². The maximum Gasteiger partial charge on any atom is 0.419 e. The van der Waals surface area contributed by atoms with Crippen LogP contribution in [0.1, 0.15) is 38.3 Å². The number of carbonyl (C=O) groups is 1. The number of nitrogens with zero attached hydrogens (tertiary/aromatic N) is 2. The molecule has 0 radical (unpaired) electrons. The van der Waals surface area contributed by atoms with Crippen molar-refractivity contribution < 1.29 is 35.5 Å². The Labute approximate surface area is 239 Å². The molecule has 2 N–H and O–H groups in total. The molecule has 0 fully saturated rings. The minimum absolute atomic E-state index is 0.0963. The summed E-state index contributed by atoms with van der Waals surface area (Å²) in [5.74, 6) is 3.49. The summed E-state index contributed by atoms with van der Waals surface area (Å²) in [5.41, 5.74) is -5.64. The Kier molecular flexibility index (Phi) is 8.35. The number of hydrogen-bond acceptors (Lipinski definition) is 3. The second kappa shape index (κ2) is 11.3. The number of hydrazine groups is 1. The predicted octanol–water partition coefficient (Wildman–Crippen LogP) is 8.07. The largest absolute Gasteiger partial charge is 0.419 e. The Bertz CT molecular complexity index is 1560. The molecule has 1 amide bonds. The molecule has 13 heteroatoms. The maximum absolute atomic E-state index is 14.0. The van der Waals surface area contributed by atoms with Gasteiger partial charge in [-0.05, 0) is 54.1 Å². The monoisotopic (exact) mass is 615 g/mol. The van der Waals surface area contributed by atoms with Crippen molar-refractivity contribution >= 4 is 29.1 Å². The van der Waals surface area contributed by atoms with Crippen LogP contribution in [0.3, 0.4) is 0 Å². The molecule has 0 aliphatic carbocycles. The van der Waals surface area contributed by atoms with E-state index in [4.69, 9.17) is 29.0 Å². The molecule has 0 saturated carbocycles. The summed E-state index contributed by atoms with van der Waals surface area (Å²) >= 11 is 12.5. The molecular formula is C28H18Cl2F7N3O. The summed E-state index contributed by atoms with van der Waals surface area (Å²) in [4.78, 5) is 18.0. The molecule has 1 aromatic heterocycles. The second-order valence-corrected chi connectivity index (χ2v) is 9.79. The number of amides is 1. The van der Waals surface area contributed by atoms with Gasteiger partial charge in [0, 0.05) is 28.8 Å². The van der Waals surface area contributed by atoms with E-state index in [1.807, 2.05) is 0 Å². The van der Waals surface area contributed by atoms with Crippen molar-refractivity contribution in [2.24, 2.45) is 5.84 Å². The Hall–Kier alpha value is -3.67. The van der Waals surface area contributed by atoms with Crippen LogP contribution in [0.15, 0.2) is 85.1 Å². The molecule has 1 unspecified atom stereocenters. The van der Waals surface area contributed by atoms with Gasteiger partial charge in [0.2, 0.25) is 0 Å². The number of hydrogen-bond donors (Lipinski definition) is 1. The Morgan fingerprint density at radius 3 is 2.10 bits per heavy atom. The van der Waals surface area contributed by atoms with Gasteiger partial charge in [0.15, 0.2) is 0 Å². The highest BCUT2D eigenvalue weighted by atomic mass is 35.5. The molecule has 41 heavy (non-hydrogen) atoms. The number of aromatic nitrogens is 1. The lowest BCUT2D eigenvalue weighted by Crippen LogP contribution is -2.56. The summed E-state index contributed by atoms with van der Waals surface area (Å²) in [6.07, 6.45) is -9.15. The highest BCUT2D eigenvalue weighted by molar-refractivity contribution is 6.31. The normalized spacial score (nSPS) is 13.5. The summed E-state index contributed by atoms with van der Waals surface area (Å²) in [7, 11) is 0. The third kappa shape index (κ3) is 6.17. The van der Waals surface area contributed by atoms with E-state index in [1.165, 1.54) is 12.1 Å². The topological polar surface area (TPSA) is 59.2 Å². The molecule has 0 aliphatic heterocycles. The first-order valence-corrected chi connectivity index (χ1v) is 12.4. The second-order valence-electron chi connectivity index (χ2n) is 8.94. The summed E-state index contributed by atoms with van der Waals surface area (Å²) in [5, 5.41) is 0.357. The first-order valence-electron chi connectivity index (χ1n) is 11.6. The molecule has 0 bridgehead atoms. The SMILES string of the molecule is NN(C(=O)c1ccc(F)c(C(F)(F)F)c1)C(Cc1ccccc1)(c1ccc(Cl)cn1)c1cc(C(F)(F)F)ccc1Cl. The molecule has 1 atom stereocenters. The fourth-order valence-electron chi connectivity index (χ4n) is 4.38. The number of alkyl halides is 6. The van der Waals surface area contributed by atoms with Crippen LogP contribution in [0.4, 0.5) is 30.7 Å². The minimum atomic E-state index is -5.15. The number of rotatable bonds is 6. The fraction of sp³-hybridized carbons (Fsp3) is 0.143. The molecule has 0 aliphatic rings. The van der Waals surface area contributed by atoms with Gasteiger partial charge >= 0.3 is 12.4 Å². The van der Waals surface area contributed by atoms with Crippen LogP contribution in [-0.4, -0.2) is 15.9 Å². The van der Waals surface area contributed by atoms with Crippen LogP contribution >= 0.6 is 23.2 Å². The summed E-state index contributed by atoms with van der Waals surface area (Å²) in [6, 6.07) is 14.7. The van der Waals surface area contributed by atoms with Gasteiger partial charge in [0.25, 0.3) is 5.91 Å². The van der Waals surface area contributed by atoms with E-state index >= 15 is 0 Å². The quantitative estimate of drug-likeness (QED) is 0.103. The van der Waals surface area contributed by atoms with Gasteiger partial charge in [-0.15, -0.1) is 0 Å². The van der Waals surface area contributed by atoms with Gasteiger partial charge in [-0.25, -0.2) is 10.2 Å². The van der Waals surface area contributed by atoms with E-state index in [9.17, 15) is 35.5 Å². The average Bonchev–Trinajstić information content (AvgIpc) is 2.91. The summed E-state index contributed by atoms with van der Waals surface area (Å²) < 4.78 is 95.9. The fourth-order valence-corrected chi connectivity index (χ4v) is 4.77. The van der Waals surface area contributed by atoms with Gasteiger partial charge in [0.05, 0.1) is 21.8 Å². The van der Waals surface area contributed by atoms with Crippen LogP contribution in [0.25, 0.3) is 0 Å². The zero-order valence-corrected chi connectivity index (χ0v) is 22.1. The zero-order valence-electron chi connectivity index (χ0n) is 20.6. The molecule has 4 rings (SSSR count). The number of benzene rings is 3. The van der Waals surface area contributed by atoms with Crippen molar-refractivity contribution in [3.05, 3.63) is 134 Å². The number of carbonyl (C=O) groups excluding carboxylic acids is 1. The van der Waals surface area contributed by atoms with Crippen molar-refractivity contribution in [3.63, 3.8) is 0 Å². The van der Waals surface area contributed by atoms with Gasteiger partial charge < -0.3 is 0 Å². The van der Waals surface area contributed by atoms with Crippen molar-refractivity contribution in [2.45, 2.75) is 24.3 Å². The number of halogens is 9. The van der Waals surface area contributed by atoms with Crippen molar-refractivity contribution in [1.82, 2.24) is 9.99 Å². The van der Waals surface area contributed by atoms with Gasteiger partial charge in [-0.2, -0.15) is 26.3 Å². The Balaban J connectivity index is 2.05. The lowest BCUT2D eigenvalue weighted by atomic mass is 9.78. The molecule has 0 spiro atoms.